The smallest absolute Gasteiger partial charge is 0.262 e. The SMILES string of the molecule is COc1ccc(S(=O)(=O)N(Cc2cn(CCOCCOCCOCCn3cc(CN([C@@H](C(=O)NO)C(C)C)S(=O)(=O)c4ccc(OC)cc4)nn3)nn2)[C@@H](C(=O)NO)C(C)C)cc1. The molecule has 2 aromatic carbocycles. The van der Waals surface area contributed by atoms with E-state index in [-0.39, 0.29) is 73.9 Å². The molecule has 0 aliphatic carbocycles. The Morgan fingerprint density at radius 1 is 0.603 bits per heavy atom. The minimum Gasteiger partial charge on any atom is -0.497 e. The molecule has 0 aliphatic heterocycles. The van der Waals surface area contributed by atoms with Crippen LogP contribution in [0.4, 0.5) is 0 Å². The number of amides is 2. The number of hydroxylamine groups is 2. The van der Waals surface area contributed by atoms with E-state index >= 15 is 0 Å². The second kappa shape index (κ2) is 24.1. The van der Waals surface area contributed by atoms with E-state index in [1.807, 2.05) is 0 Å². The molecular formula is C38H56N10O13S2. The van der Waals surface area contributed by atoms with Crippen molar-refractivity contribution in [3.8, 4) is 11.5 Å². The third-order valence-electron chi connectivity index (χ3n) is 9.45. The van der Waals surface area contributed by atoms with Gasteiger partial charge in [-0.15, -0.1) is 10.2 Å². The molecule has 4 aromatic rings. The minimum absolute atomic E-state index is 0.0754. The van der Waals surface area contributed by atoms with Gasteiger partial charge in [-0.25, -0.2) is 37.2 Å². The fourth-order valence-electron chi connectivity index (χ4n) is 6.31. The van der Waals surface area contributed by atoms with Crippen LogP contribution in [0.25, 0.3) is 0 Å². The van der Waals surface area contributed by atoms with E-state index in [0.717, 1.165) is 8.61 Å². The van der Waals surface area contributed by atoms with Crippen molar-refractivity contribution in [2.24, 2.45) is 11.8 Å². The van der Waals surface area contributed by atoms with Crippen LogP contribution in [-0.4, -0.2) is 144 Å². The summed E-state index contributed by atoms with van der Waals surface area (Å²) in [4.78, 5) is 25.2. The molecule has 0 unspecified atom stereocenters. The van der Waals surface area contributed by atoms with E-state index in [2.05, 4.69) is 20.6 Å². The molecule has 0 spiro atoms. The molecule has 348 valence electrons. The number of nitrogens with one attached hydrogen (secondary N) is 2. The number of carbonyl (C=O) groups is 2. The molecule has 2 atom stereocenters. The van der Waals surface area contributed by atoms with Crippen LogP contribution in [-0.2, 0) is 70.0 Å². The fourth-order valence-corrected chi connectivity index (χ4v) is 9.70. The fraction of sp³-hybridized carbons (Fsp3) is 0.526. The number of sulfonamides is 2. The highest BCUT2D eigenvalue weighted by molar-refractivity contribution is 7.89. The topological polar surface area (TPSA) is 281 Å². The summed E-state index contributed by atoms with van der Waals surface area (Å²) in [6, 6.07) is 8.92. The standard InChI is InChI=1S/C38H56N10O13S2/c1-27(2)35(37(49)41-51)47(62(53,54)33-11-7-31(57-5)8-12-33)25-29-23-45(43-39-29)15-17-59-19-21-61-22-20-60-18-16-46-24-30(40-44-46)26-48(36(28(3)4)38(50)42-52)63(55,56)34-13-9-32(58-6)10-14-34/h7-14,23-24,27-28,35-36,51-52H,15-22,25-26H2,1-6H3,(H,41,49)(H,42,50)/t35-,36-/m1/s1. The first-order chi connectivity index (χ1) is 30.1. The molecule has 23 nitrogen and oxygen atoms in total. The Morgan fingerprint density at radius 2 is 0.937 bits per heavy atom. The molecule has 0 bridgehead atoms. The summed E-state index contributed by atoms with van der Waals surface area (Å²) >= 11 is 0. The molecule has 0 saturated carbocycles. The van der Waals surface area contributed by atoms with Crippen molar-refractivity contribution in [2.75, 3.05) is 53.9 Å². The zero-order chi connectivity index (χ0) is 46.2. The Kier molecular flexibility index (Phi) is 19.3. The monoisotopic (exact) mass is 924 g/mol. The number of hydrogen-bond acceptors (Lipinski definition) is 17. The van der Waals surface area contributed by atoms with E-state index < -0.39 is 55.8 Å². The lowest BCUT2D eigenvalue weighted by Gasteiger charge is -2.31. The Hall–Kier alpha value is -5.12. The van der Waals surface area contributed by atoms with E-state index in [1.54, 1.807) is 51.0 Å². The molecule has 2 aromatic heterocycles. The van der Waals surface area contributed by atoms with Crippen molar-refractivity contribution in [2.45, 2.75) is 75.7 Å². The van der Waals surface area contributed by atoms with Gasteiger partial charge in [0.05, 0.1) is 101 Å². The largest absolute Gasteiger partial charge is 0.497 e. The van der Waals surface area contributed by atoms with Crippen LogP contribution in [0.5, 0.6) is 11.5 Å². The second-order valence-corrected chi connectivity index (χ2v) is 18.3. The maximum atomic E-state index is 13.8. The molecule has 63 heavy (non-hydrogen) atoms. The molecule has 0 radical (unpaired) electrons. The van der Waals surface area contributed by atoms with Gasteiger partial charge < -0.3 is 23.7 Å². The molecule has 0 aliphatic rings. The molecule has 0 fully saturated rings. The Labute approximate surface area is 366 Å². The number of benzene rings is 2. The van der Waals surface area contributed by atoms with Gasteiger partial charge in [0.1, 0.15) is 23.6 Å². The first-order valence-electron chi connectivity index (χ1n) is 19.8. The summed E-state index contributed by atoms with van der Waals surface area (Å²) in [5, 5.41) is 35.2. The van der Waals surface area contributed by atoms with Gasteiger partial charge in [-0.05, 0) is 60.4 Å². The van der Waals surface area contributed by atoms with Crippen molar-refractivity contribution in [3.63, 3.8) is 0 Å². The lowest BCUT2D eigenvalue weighted by molar-refractivity contribution is -0.135. The van der Waals surface area contributed by atoms with Crippen LogP contribution in [0.3, 0.4) is 0 Å². The van der Waals surface area contributed by atoms with Gasteiger partial charge in [-0.2, -0.15) is 8.61 Å². The molecule has 4 N–H and O–H groups in total. The highest BCUT2D eigenvalue weighted by atomic mass is 32.2. The predicted molar refractivity (Wildman–Crippen MR) is 221 cm³/mol. The second-order valence-electron chi connectivity index (χ2n) is 14.6. The summed E-state index contributed by atoms with van der Waals surface area (Å²) in [5.41, 5.74) is 3.68. The molecular weight excluding hydrogens is 869 g/mol. The number of aromatic nitrogens is 6. The summed E-state index contributed by atoms with van der Waals surface area (Å²) in [6.45, 7) is 8.22. The van der Waals surface area contributed by atoms with Crippen molar-refractivity contribution in [1.82, 2.24) is 49.6 Å². The third-order valence-corrected chi connectivity index (χ3v) is 13.1. The number of nitrogens with zero attached hydrogens (tertiary/aromatic N) is 8. The van der Waals surface area contributed by atoms with Crippen molar-refractivity contribution in [1.29, 1.82) is 0 Å². The van der Waals surface area contributed by atoms with E-state index in [4.69, 9.17) is 23.7 Å². The van der Waals surface area contributed by atoms with Gasteiger partial charge in [-0.1, -0.05) is 38.1 Å². The maximum Gasteiger partial charge on any atom is 0.262 e. The highest BCUT2D eigenvalue weighted by Crippen LogP contribution is 2.28. The Bertz CT molecular complexity index is 2100. The van der Waals surface area contributed by atoms with Gasteiger partial charge in [0.25, 0.3) is 11.8 Å². The number of carbonyl (C=O) groups excluding carboxylic acids is 2. The van der Waals surface area contributed by atoms with Gasteiger partial charge in [-0.3, -0.25) is 20.0 Å². The van der Waals surface area contributed by atoms with Crippen LogP contribution in [0.1, 0.15) is 39.1 Å². The third kappa shape index (κ3) is 13.9. The van der Waals surface area contributed by atoms with Crippen LogP contribution >= 0.6 is 0 Å². The van der Waals surface area contributed by atoms with Gasteiger partial charge in [0.2, 0.25) is 20.0 Å². The summed E-state index contributed by atoms with van der Waals surface area (Å²) in [7, 11) is -5.59. The zero-order valence-corrected chi connectivity index (χ0v) is 37.6. The molecule has 0 saturated heterocycles. The van der Waals surface area contributed by atoms with Crippen LogP contribution in [0.15, 0.2) is 70.7 Å². The lowest BCUT2D eigenvalue weighted by atomic mass is 10.0. The van der Waals surface area contributed by atoms with Gasteiger partial charge >= 0.3 is 0 Å². The Morgan fingerprint density at radius 3 is 1.24 bits per heavy atom. The number of ether oxygens (including phenoxy) is 5. The summed E-state index contributed by atoms with van der Waals surface area (Å²) < 4.78 is 87.2. The van der Waals surface area contributed by atoms with Crippen LogP contribution < -0.4 is 20.4 Å². The zero-order valence-electron chi connectivity index (χ0n) is 35.9. The van der Waals surface area contributed by atoms with Crippen LogP contribution in [0.2, 0.25) is 0 Å². The summed E-state index contributed by atoms with van der Waals surface area (Å²) in [6.07, 6.45) is 3.10. The highest BCUT2D eigenvalue weighted by Gasteiger charge is 2.40. The van der Waals surface area contributed by atoms with Crippen molar-refractivity contribution in [3.05, 3.63) is 72.3 Å². The van der Waals surface area contributed by atoms with Crippen molar-refractivity contribution < 1.29 is 60.5 Å². The van der Waals surface area contributed by atoms with Gasteiger partial charge in [0.15, 0.2) is 0 Å². The van der Waals surface area contributed by atoms with E-state index in [1.165, 1.54) is 72.1 Å². The quantitative estimate of drug-likeness (QED) is 0.0352. The first-order valence-corrected chi connectivity index (χ1v) is 22.7. The predicted octanol–water partition coefficient (Wildman–Crippen LogP) is 1.08. The molecule has 4 rings (SSSR count). The van der Waals surface area contributed by atoms with Crippen LogP contribution in [0, 0.1) is 11.8 Å². The minimum atomic E-state index is -4.25. The summed E-state index contributed by atoms with van der Waals surface area (Å²) in [5.74, 6) is -1.91. The molecule has 25 heteroatoms. The average molecular weight is 925 g/mol. The first kappa shape index (κ1) is 50.5. The van der Waals surface area contributed by atoms with Crippen molar-refractivity contribution >= 4 is 31.9 Å². The molecule has 2 amide bonds. The normalized spacial score (nSPS) is 13.1. The number of hydrogen-bond donors (Lipinski definition) is 4. The molecule has 2 heterocycles. The maximum absolute atomic E-state index is 13.8. The Balaban J connectivity index is 1.19. The number of methoxy groups -OCH3 is 2. The van der Waals surface area contributed by atoms with E-state index in [0.29, 0.717) is 24.6 Å². The average Bonchev–Trinajstić information content (AvgIpc) is 3.93. The van der Waals surface area contributed by atoms with Gasteiger partial charge in [0, 0.05) is 12.4 Å². The number of rotatable bonds is 28. The van der Waals surface area contributed by atoms with E-state index in [9.17, 15) is 36.8 Å². The lowest BCUT2D eigenvalue weighted by Crippen LogP contribution is -2.51.